The van der Waals surface area contributed by atoms with Crippen LogP contribution in [0.5, 0.6) is 0 Å². The average Bonchev–Trinajstić information content (AvgIpc) is 3.07. The van der Waals surface area contributed by atoms with Gasteiger partial charge in [-0.2, -0.15) is 0 Å². The Morgan fingerprint density at radius 3 is 2.17 bits per heavy atom. The number of hydrogen-bond donors (Lipinski definition) is 1. The van der Waals surface area contributed by atoms with Crippen LogP contribution in [-0.4, -0.2) is 35.0 Å². The predicted octanol–water partition coefficient (Wildman–Crippen LogP) is 2.13. The summed E-state index contributed by atoms with van der Waals surface area (Å²) < 4.78 is 0. The van der Waals surface area contributed by atoms with Crippen LogP contribution in [0.3, 0.4) is 0 Å². The van der Waals surface area contributed by atoms with Crippen LogP contribution in [-0.2, 0) is 9.59 Å². The molecule has 0 aromatic rings. The molecule has 0 radical (unpaired) electrons. The SMILES string of the molecule is CN(C(=O)C1CC1C(=O)O)C1CCC(C)(C)CC1. The molecule has 2 aliphatic rings. The van der Waals surface area contributed by atoms with Gasteiger partial charge in [-0.15, -0.1) is 0 Å². The summed E-state index contributed by atoms with van der Waals surface area (Å²) in [6, 6.07) is 0.306. The number of rotatable bonds is 3. The standard InChI is InChI=1S/C14H23NO3/c1-14(2)6-4-9(5-7-14)15(3)12(16)10-8-11(10)13(17)18/h9-11H,4-8H2,1-3H3,(H,17,18). The molecule has 2 aliphatic carbocycles. The number of nitrogens with zero attached hydrogens (tertiary/aromatic N) is 1. The van der Waals surface area contributed by atoms with Crippen molar-refractivity contribution in [2.75, 3.05) is 7.05 Å². The molecule has 0 saturated heterocycles. The van der Waals surface area contributed by atoms with Gasteiger partial charge in [0, 0.05) is 13.1 Å². The van der Waals surface area contributed by atoms with Crippen molar-refractivity contribution in [2.24, 2.45) is 17.3 Å². The van der Waals surface area contributed by atoms with E-state index in [2.05, 4.69) is 13.8 Å². The Bertz CT molecular complexity index is 354. The molecule has 1 N–H and O–H groups in total. The van der Waals surface area contributed by atoms with Gasteiger partial charge in [0.15, 0.2) is 0 Å². The second-order valence-electron chi connectivity index (χ2n) is 6.63. The molecular formula is C14H23NO3. The van der Waals surface area contributed by atoms with Crippen LogP contribution in [0.4, 0.5) is 0 Å². The lowest BCUT2D eigenvalue weighted by Gasteiger charge is -2.38. The molecule has 18 heavy (non-hydrogen) atoms. The van der Waals surface area contributed by atoms with Gasteiger partial charge in [-0.1, -0.05) is 13.8 Å². The van der Waals surface area contributed by atoms with E-state index in [0.29, 0.717) is 17.9 Å². The molecule has 102 valence electrons. The van der Waals surface area contributed by atoms with Crippen LogP contribution >= 0.6 is 0 Å². The lowest BCUT2D eigenvalue weighted by Crippen LogP contribution is -2.42. The van der Waals surface area contributed by atoms with Gasteiger partial charge >= 0.3 is 5.97 Å². The highest BCUT2D eigenvalue weighted by Crippen LogP contribution is 2.42. The molecule has 2 rings (SSSR count). The predicted molar refractivity (Wildman–Crippen MR) is 68.0 cm³/mol. The summed E-state index contributed by atoms with van der Waals surface area (Å²) in [5.74, 6) is -1.49. The van der Waals surface area contributed by atoms with E-state index in [9.17, 15) is 9.59 Å². The summed E-state index contributed by atoms with van der Waals surface area (Å²) in [6.45, 7) is 4.54. The van der Waals surface area contributed by atoms with Gasteiger partial charge in [0.25, 0.3) is 0 Å². The Hall–Kier alpha value is -1.06. The Balaban J connectivity index is 1.87. The average molecular weight is 253 g/mol. The molecule has 0 aromatic carbocycles. The van der Waals surface area contributed by atoms with Gasteiger partial charge in [0.1, 0.15) is 0 Å². The zero-order chi connectivity index (χ0) is 13.5. The molecule has 4 nitrogen and oxygen atoms in total. The van der Waals surface area contributed by atoms with E-state index in [1.165, 1.54) is 0 Å². The van der Waals surface area contributed by atoms with E-state index in [1.54, 1.807) is 0 Å². The van der Waals surface area contributed by atoms with E-state index < -0.39 is 11.9 Å². The largest absolute Gasteiger partial charge is 0.481 e. The Morgan fingerprint density at radius 2 is 1.72 bits per heavy atom. The Kier molecular flexibility index (Phi) is 3.39. The quantitative estimate of drug-likeness (QED) is 0.838. The first-order valence-electron chi connectivity index (χ1n) is 6.81. The summed E-state index contributed by atoms with van der Waals surface area (Å²) in [6.07, 6.45) is 4.89. The van der Waals surface area contributed by atoms with Crippen LogP contribution in [0.25, 0.3) is 0 Å². The zero-order valence-electron chi connectivity index (χ0n) is 11.5. The van der Waals surface area contributed by atoms with Crippen LogP contribution in [0.15, 0.2) is 0 Å². The maximum Gasteiger partial charge on any atom is 0.307 e. The Labute approximate surface area is 108 Å². The third kappa shape index (κ3) is 2.68. The number of hydrogen-bond acceptors (Lipinski definition) is 2. The highest BCUT2D eigenvalue weighted by Gasteiger charge is 2.50. The maximum atomic E-state index is 12.1. The van der Waals surface area contributed by atoms with Crippen molar-refractivity contribution in [2.45, 2.75) is 52.0 Å². The molecule has 4 heteroatoms. The fourth-order valence-electron chi connectivity index (χ4n) is 2.95. The molecule has 0 heterocycles. The van der Waals surface area contributed by atoms with Gasteiger partial charge in [-0.3, -0.25) is 9.59 Å². The summed E-state index contributed by atoms with van der Waals surface area (Å²) in [5.41, 5.74) is 0.392. The fraction of sp³-hybridized carbons (Fsp3) is 0.857. The minimum absolute atomic E-state index is 0.0344. The molecule has 2 atom stereocenters. The van der Waals surface area contributed by atoms with E-state index in [4.69, 9.17) is 5.11 Å². The van der Waals surface area contributed by atoms with Gasteiger partial charge in [0.05, 0.1) is 11.8 Å². The topological polar surface area (TPSA) is 57.6 Å². The monoisotopic (exact) mass is 253 g/mol. The second kappa shape index (κ2) is 4.56. The first-order chi connectivity index (χ1) is 8.32. The number of amides is 1. The minimum atomic E-state index is -0.827. The fourth-order valence-corrected chi connectivity index (χ4v) is 2.95. The van der Waals surface area contributed by atoms with Gasteiger partial charge in [0.2, 0.25) is 5.91 Å². The minimum Gasteiger partial charge on any atom is -0.481 e. The van der Waals surface area contributed by atoms with Crippen molar-refractivity contribution >= 4 is 11.9 Å². The molecule has 2 saturated carbocycles. The molecule has 1 amide bonds. The number of aliphatic carboxylic acids is 1. The number of carbonyl (C=O) groups excluding carboxylic acids is 1. The number of carboxylic acids is 1. The summed E-state index contributed by atoms with van der Waals surface area (Å²) in [7, 11) is 1.84. The molecule has 0 bridgehead atoms. The van der Waals surface area contributed by atoms with Crippen molar-refractivity contribution < 1.29 is 14.7 Å². The second-order valence-corrected chi connectivity index (χ2v) is 6.63. The van der Waals surface area contributed by atoms with E-state index in [-0.39, 0.29) is 11.8 Å². The molecule has 0 aromatic heterocycles. The van der Waals surface area contributed by atoms with E-state index in [1.807, 2.05) is 11.9 Å². The number of carbonyl (C=O) groups is 2. The first kappa shape index (κ1) is 13.4. The van der Waals surface area contributed by atoms with Crippen molar-refractivity contribution in [3.05, 3.63) is 0 Å². The van der Waals surface area contributed by atoms with Crippen molar-refractivity contribution in [3.8, 4) is 0 Å². The molecule has 2 unspecified atom stereocenters. The first-order valence-corrected chi connectivity index (χ1v) is 6.81. The zero-order valence-corrected chi connectivity index (χ0v) is 11.5. The molecular weight excluding hydrogens is 230 g/mol. The normalized spacial score (nSPS) is 30.8. The van der Waals surface area contributed by atoms with Gasteiger partial charge in [-0.05, 0) is 37.5 Å². The van der Waals surface area contributed by atoms with E-state index in [0.717, 1.165) is 25.7 Å². The van der Waals surface area contributed by atoms with Gasteiger partial charge < -0.3 is 10.0 Å². The summed E-state index contributed by atoms with van der Waals surface area (Å²) >= 11 is 0. The van der Waals surface area contributed by atoms with Crippen LogP contribution in [0.2, 0.25) is 0 Å². The lowest BCUT2D eigenvalue weighted by molar-refractivity contribution is -0.142. The lowest BCUT2D eigenvalue weighted by atomic mass is 9.75. The summed E-state index contributed by atoms with van der Waals surface area (Å²) in [4.78, 5) is 24.7. The van der Waals surface area contributed by atoms with Gasteiger partial charge in [-0.25, -0.2) is 0 Å². The smallest absolute Gasteiger partial charge is 0.307 e. The van der Waals surface area contributed by atoms with Crippen LogP contribution in [0, 0.1) is 17.3 Å². The van der Waals surface area contributed by atoms with Crippen LogP contribution < -0.4 is 0 Å². The highest BCUT2D eigenvalue weighted by molar-refractivity contribution is 5.89. The van der Waals surface area contributed by atoms with Crippen molar-refractivity contribution in [3.63, 3.8) is 0 Å². The van der Waals surface area contributed by atoms with E-state index >= 15 is 0 Å². The van der Waals surface area contributed by atoms with Crippen molar-refractivity contribution in [1.29, 1.82) is 0 Å². The third-order valence-corrected chi connectivity index (χ3v) is 4.63. The summed E-state index contributed by atoms with van der Waals surface area (Å²) in [5, 5.41) is 8.86. The van der Waals surface area contributed by atoms with Crippen molar-refractivity contribution in [1.82, 2.24) is 4.90 Å². The Morgan fingerprint density at radius 1 is 1.17 bits per heavy atom. The maximum absolute atomic E-state index is 12.1. The van der Waals surface area contributed by atoms with Crippen LogP contribution in [0.1, 0.15) is 46.0 Å². The molecule has 2 fully saturated rings. The number of carboxylic acid groups (broad SMARTS) is 1. The third-order valence-electron chi connectivity index (χ3n) is 4.63. The highest BCUT2D eigenvalue weighted by atomic mass is 16.4. The molecule has 0 spiro atoms. The molecule has 0 aliphatic heterocycles.